The van der Waals surface area contributed by atoms with Gasteiger partial charge in [-0.1, -0.05) is 30.3 Å². The molecule has 25 heavy (non-hydrogen) atoms. The predicted octanol–water partition coefficient (Wildman–Crippen LogP) is 2.25. The average Bonchev–Trinajstić information content (AvgIpc) is 2.65. The van der Waals surface area contributed by atoms with Crippen molar-refractivity contribution in [1.82, 2.24) is 15.2 Å². The third-order valence-electron chi connectivity index (χ3n) is 4.74. The van der Waals surface area contributed by atoms with Crippen molar-refractivity contribution in [2.45, 2.75) is 37.9 Å². The van der Waals surface area contributed by atoms with Crippen molar-refractivity contribution < 1.29 is 4.79 Å². The Labute approximate surface area is 149 Å². The molecule has 1 aromatic carbocycles. The number of piperidine rings is 1. The van der Waals surface area contributed by atoms with Gasteiger partial charge in [-0.2, -0.15) is 0 Å². The molecule has 1 atom stereocenters. The zero-order valence-corrected chi connectivity index (χ0v) is 14.5. The van der Waals surface area contributed by atoms with Crippen LogP contribution in [-0.2, 0) is 11.3 Å². The van der Waals surface area contributed by atoms with Gasteiger partial charge in [-0.15, -0.1) is 0 Å². The van der Waals surface area contributed by atoms with Crippen LogP contribution in [0.15, 0.2) is 54.9 Å². The van der Waals surface area contributed by atoms with Gasteiger partial charge in [0, 0.05) is 50.5 Å². The Balaban J connectivity index is 1.40. The van der Waals surface area contributed by atoms with Gasteiger partial charge in [0.25, 0.3) is 0 Å². The van der Waals surface area contributed by atoms with E-state index in [0.29, 0.717) is 6.42 Å². The first-order valence-electron chi connectivity index (χ1n) is 8.92. The minimum Gasteiger partial charge on any atom is -0.353 e. The van der Waals surface area contributed by atoms with Gasteiger partial charge in [-0.25, -0.2) is 0 Å². The van der Waals surface area contributed by atoms with Crippen LogP contribution in [-0.4, -0.2) is 34.9 Å². The summed E-state index contributed by atoms with van der Waals surface area (Å²) in [5.41, 5.74) is 8.42. The van der Waals surface area contributed by atoms with Crippen LogP contribution in [0.25, 0.3) is 0 Å². The molecule has 2 heterocycles. The number of carbonyl (C=O) groups is 1. The molecule has 1 saturated heterocycles. The molecule has 1 fully saturated rings. The number of pyridine rings is 1. The Hall–Kier alpha value is -2.24. The van der Waals surface area contributed by atoms with Gasteiger partial charge in [-0.05, 0) is 36.1 Å². The molecule has 1 aromatic heterocycles. The van der Waals surface area contributed by atoms with Crippen molar-refractivity contribution in [3.05, 3.63) is 66.0 Å². The minimum atomic E-state index is -0.243. The van der Waals surface area contributed by atoms with E-state index in [-0.39, 0.29) is 18.0 Å². The zero-order valence-electron chi connectivity index (χ0n) is 14.5. The maximum atomic E-state index is 12.3. The Kier molecular flexibility index (Phi) is 6.14. The molecular formula is C20H26N4O. The third-order valence-corrected chi connectivity index (χ3v) is 4.74. The third kappa shape index (κ3) is 5.37. The van der Waals surface area contributed by atoms with Crippen LogP contribution in [0.5, 0.6) is 0 Å². The van der Waals surface area contributed by atoms with Gasteiger partial charge in [0.05, 0.1) is 0 Å². The summed E-state index contributed by atoms with van der Waals surface area (Å²) in [6, 6.07) is 13.9. The number of likely N-dealkylation sites (tertiary alicyclic amines) is 1. The summed E-state index contributed by atoms with van der Waals surface area (Å²) in [7, 11) is 0. The smallest absolute Gasteiger partial charge is 0.222 e. The summed E-state index contributed by atoms with van der Waals surface area (Å²) >= 11 is 0. The lowest BCUT2D eigenvalue weighted by molar-refractivity contribution is -0.122. The van der Waals surface area contributed by atoms with Crippen LogP contribution in [0.4, 0.5) is 0 Å². The number of aromatic nitrogens is 1. The molecule has 0 aliphatic carbocycles. The second kappa shape index (κ2) is 8.74. The number of benzene rings is 1. The molecule has 1 aliphatic rings. The van der Waals surface area contributed by atoms with Gasteiger partial charge < -0.3 is 11.1 Å². The van der Waals surface area contributed by atoms with Gasteiger partial charge in [0.15, 0.2) is 0 Å². The van der Waals surface area contributed by atoms with E-state index < -0.39 is 0 Å². The summed E-state index contributed by atoms with van der Waals surface area (Å²) < 4.78 is 0. The monoisotopic (exact) mass is 338 g/mol. The Morgan fingerprint density at radius 3 is 2.52 bits per heavy atom. The lowest BCUT2D eigenvalue weighted by Crippen LogP contribution is -2.44. The molecule has 5 heteroatoms. The molecule has 132 valence electrons. The van der Waals surface area contributed by atoms with Crippen molar-refractivity contribution in [2.75, 3.05) is 13.1 Å². The van der Waals surface area contributed by atoms with Crippen LogP contribution < -0.4 is 11.1 Å². The van der Waals surface area contributed by atoms with Crippen molar-refractivity contribution in [3.8, 4) is 0 Å². The normalized spacial score (nSPS) is 17.2. The number of nitrogens with two attached hydrogens (primary N) is 1. The topological polar surface area (TPSA) is 71.2 Å². The highest BCUT2D eigenvalue weighted by Gasteiger charge is 2.21. The second-order valence-electron chi connectivity index (χ2n) is 6.69. The molecule has 1 aliphatic heterocycles. The summed E-state index contributed by atoms with van der Waals surface area (Å²) in [5.74, 6) is 0.0453. The van der Waals surface area contributed by atoms with E-state index in [1.54, 1.807) is 0 Å². The quantitative estimate of drug-likeness (QED) is 0.847. The summed E-state index contributed by atoms with van der Waals surface area (Å²) in [5, 5.41) is 3.15. The van der Waals surface area contributed by atoms with Crippen LogP contribution in [0.1, 0.15) is 36.4 Å². The first-order chi connectivity index (χ1) is 12.2. The molecule has 0 spiro atoms. The number of hydrogen-bond donors (Lipinski definition) is 2. The molecule has 3 rings (SSSR count). The molecule has 0 bridgehead atoms. The van der Waals surface area contributed by atoms with E-state index in [1.165, 1.54) is 5.56 Å². The van der Waals surface area contributed by atoms with Gasteiger partial charge in [0.1, 0.15) is 0 Å². The fraction of sp³-hybridized carbons (Fsp3) is 0.400. The zero-order chi connectivity index (χ0) is 17.5. The fourth-order valence-corrected chi connectivity index (χ4v) is 3.29. The summed E-state index contributed by atoms with van der Waals surface area (Å²) in [6.07, 6.45) is 5.96. The highest BCUT2D eigenvalue weighted by atomic mass is 16.1. The first kappa shape index (κ1) is 17.6. The SMILES string of the molecule is NC(CC(=O)NC1CCN(Cc2ccncc2)CC1)c1ccccc1. The molecule has 3 N–H and O–H groups in total. The number of carbonyl (C=O) groups excluding carboxylic acids is 1. The number of hydrogen-bond acceptors (Lipinski definition) is 4. The fourth-order valence-electron chi connectivity index (χ4n) is 3.29. The summed E-state index contributed by atoms with van der Waals surface area (Å²) in [6.45, 7) is 2.94. The van der Waals surface area contributed by atoms with E-state index in [2.05, 4.69) is 27.3 Å². The first-order valence-corrected chi connectivity index (χ1v) is 8.92. The number of nitrogens with zero attached hydrogens (tertiary/aromatic N) is 2. The van der Waals surface area contributed by atoms with Crippen molar-refractivity contribution in [1.29, 1.82) is 0 Å². The van der Waals surface area contributed by atoms with Gasteiger partial charge in [0.2, 0.25) is 5.91 Å². The Morgan fingerprint density at radius 2 is 1.84 bits per heavy atom. The lowest BCUT2D eigenvalue weighted by Gasteiger charge is -2.32. The molecular weight excluding hydrogens is 312 g/mol. The van der Waals surface area contributed by atoms with Gasteiger partial charge in [-0.3, -0.25) is 14.7 Å². The molecule has 1 unspecified atom stereocenters. The van der Waals surface area contributed by atoms with E-state index in [9.17, 15) is 4.79 Å². The van der Waals surface area contributed by atoms with Crippen LogP contribution in [0.2, 0.25) is 0 Å². The van der Waals surface area contributed by atoms with E-state index in [4.69, 9.17) is 5.73 Å². The Bertz CT molecular complexity index is 654. The van der Waals surface area contributed by atoms with E-state index in [0.717, 1.165) is 38.0 Å². The number of amides is 1. The highest BCUT2D eigenvalue weighted by molar-refractivity contribution is 5.77. The molecule has 0 radical (unpaired) electrons. The maximum Gasteiger partial charge on any atom is 0.222 e. The highest BCUT2D eigenvalue weighted by Crippen LogP contribution is 2.16. The number of rotatable bonds is 6. The van der Waals surface area contributed by atoms with E-state index in [1.807, 2.05) is 42.7 Å². The van der Waals surface area contributed by atoms with Gasteiger partial charge >= 0.3 is 0 Å². The van der Waals surface area contributed by atoms with Crippen molar-refractivity contribution >= 4 is 5.91 Å². The molecule has 5 nitrogen and oxygen atoms in total. The average molecular weight is 338 g/mol. The second-order valence-corrected chi connectivity index (χ2v) is 6.69. The molecule has 0 saturated carbocycles. The largest absolute Gasteiger partial charge is 0.353 e. The summed E-state index contributed by atoms with van der Waals surface area (Å²) in [4.78, 5) is 18.7. The minimum absolute atomic E-state index is 0.0453. The predicted molar refractivity (Wildman–Crippen MR) is 98.7 cm³/mol. The van der Waals surface area contributed by atoms with Crippen molar-refractivity contribution in [2.24, 2.45) is 5.73 Å². The van der Waals surface area contributed by atoms with Crippen LogP contribution in [0, 0.1) is 0 Å². The number of nitrogens with one attached hydrogen (secondary N) is 1. The van der Waals surface area contributed by atoms with Crippen molar-refractivity contribution in [3.63, 3.8) is 0 Å². The lowest BCUT2D eigenvalue weighted by atomic mass is 10.0. The standard InChI is InChI=1S/C20H26N4O/c21-19(17-4-2-1-3-5-17)14-20(25)23-18-8-12-24(13-9-18)15-16-6-10-22-11-7-16/h1-7,10-11,18-19H,8-9,12-15,21H2,(H,23,25). The molecule has 1 amide bonds. The molecule has 2 aromatic rings. The van der Waals surface area contributed by atoms with Crippen LogP contribution >= 0.6 is 0 Å². The Morgan fingerprint density at radius 1 is 1.16 bits per heavy atom. The maximum absolute atomic E-state index is 12.3. The van der Waals surface area contributed by atoms with Crippen LogP contribution in [0.3, 0.4) is 0 Å². The van der Waals surface area contributed by atoms with E-state index >= 15 is 0 Å².